The fourth-order valence-corrected chi connectivity index (χ4v) is 3.64. The number of hydrogen-bond donors (Lipinski definition) is 3. The lowest BCUT2D eigenvalue weighted by molar-refractivity contribution is -0.137. The summed E-state index contributed by atoms with van der Waals surface area (Å²) >= 11 is 0. The molecule has 1 aromatic heterocycles. The van der Waals surface area contributed by atoms with E-state index in [-0.39, 0.29) is 11.8 Å². The zero-order chi connectivity index (χ0) is 20.4. The largest absolute Gasteiger partial charge is 0.416 e. The number of nitrogens with zero attached hydrogens (tertiary/aromatic N) is 1. The van der Waals surface area contributed by atoms with Crippen LogP contribution < -0.4 is 10.6 Å². The molecular formula is C21H19F3N4O. The minimum Gasteiger partial charge on any atom is -0.326 e. The van der Waals surface area contributed by atoms with Crippen molar-refractivity contribution in [1.82, 2.24) is 15.5 Å². The molecule has 0 spiro atoms. The number of rotatable bonds is 4. The van der Waals surface area contributed by atoms with Crippen LogP contribution in [0.4, 0.5) is 18.9 Å². The number of anilines is 1. The monoisotopic (exact) mass is 400 g/mol. The molecule has 29 heavy (non-hydrogen) atoms. The maximum Gasteiger partial charge on any atom is 0.416 e. The summed E-state index contributed by atoms with van der Waals surface area (Å²) in [4.78, 5) is 12.8. The third-order valence-electron chi connectivity index (χ3n) is 5.18. The Bertz CT molecular complexity index is 984. The molecule has 150 valence electrons. The van der Waals surface area contributed by atoms with Gasteiger partial charge >= 0.3 is 6.18 Å². The number of H-pyrrole nitrogens is 1. The lowest BCUT2D eigenvalue weighted by Crippen LogP contribution is -2.28. The van der Waals surface area contributed by atoms with Crippen molar-refractivity contribution in [3.05, 3.63) is 72.1 Å². The van der Waals surface area contributed by atoms with Gasteiger partial charge in [0.15, 0.2) is 0 Å². The van der Waals surface area contributed by atoms with Gasteiger partial charge in [0.05, 0.1) is 17.7 Å². The van der Waals surface area contributed by atoms with Crippen LogP contribution in [-0.2, 0) is 11.0 Å². The van der Waals surface area contributed by atoms with E-state index >= 15 is 0 Å². The SMILES string of the molecule is O=C(Nc1ccc(-c2cn[nH]c2)cc1)C1CNC[C@H]1c1cccc(C(F)(F)F)c1. The lowest BCUT2D eigenvalue weighted by atomic mass is 9.87. The van der Waals surface area contributed by atoms with Gasteiger partial charge in [-0.1, -0.05) is 30.3 Å². The van der Waals surface area contributed by atoms with Crippen LogP contribution in [0, 0.1) is 5.92 Å². The Balaban J connectivity index is 1.48. The van der Waals surface area contributed by atoms with Crippen molar-refractivity contribution >= 4 is 11.6 Å². The van der Waals surface area contributed by atoms with Gasteiger partial charge in [-0.05, 0) is 29.3 Å². The van der Waals surface area contributed by atoms with Crippen molar-refractivity contribution in [3.8, 4) is 11.1 Å². The van der Waals surface area contributed by atoms with Gasteiger partial charge in [-0.15, -0.1) is 0 Å². The summed E-state index contributed by atoms with van der Waals surface area (Å²) in [5.74, 6) is -0.983. The van der Waals surface area contributed by atoms with Crippen molar-refractivity contribution in [3.63, 3.8) is 0 Å². The summed E-state index contributed by atoms with van der Waals surface area (Å²) in [6.45, 7) is 0.874. The highest BCUT2D eigenvalue weighted by atomic mass is 19.4. The molecule has 4 rings (SSSR count). The highest BCUT2D eigenvalue weighted by Crippen LogP contribution is 2.34. The number of nitrogens with one attached hydrogen (secondary N) is 3. The molecule has 0 saturated carbocycles. The number of hydrogen-bond acceptors (Lipinski definition) is 3. The first-order chi connectivity index (χ1) is 13.9. The van der Waals surface area contributed by atoms with Crippen LogP contribution in [0.3, 0.4) is 0 Å². The maximum atomic E-state index is 13.0. The Morgan fingerprint density at radius 3 is 2.55 bits per heavy atom. The standard InChI is InChI=1S/C21H19F3N4O/c22-21(23,24)16-3-1-2-14(8-16)18-11-25-12-19(18)20(29)28-17-6-4-13(5-7-17)15-9-26-27-10-15/h1-10,18-19,25H,11-12H2,(H,26,27)(H,28,29)/t18-,19?/m0/s1. The third-order valence-corrected chi connectivity index (χ3v) is 5.18. The molecule has 1 aliphatic rings. The summed E-state index contributed by atoms with van der Waals surface area (Å²) in [6, 6.07) is 12.5. The number of halogens is 3. The van der Waals surface area contributed by atoms with Gasteiger partial charge < -0.3 is 10.6 Å². The van der Waals surface area contributed by atoms with E-state index in [1.54, 1.807) is 30.6 Å². The van der Waals surface area contributed by atoms with Gasteiger partial charge in [0.2, 0.25) is 5.91 Å². The molecule has 2 atom stereocenters. The molecule has 3 aromatic rings. The second-order valence-electron chi connectivity index (χ2n) is 7.05. The number of amides is 1. The molecule has 0 aliphatic carbocycles. The van der Waals surface area contributed by atoms with Gasteiger partial charge in [0.25, 0.3) is 0 Å². The number of carbonyl (C=O) groups is 1. The topological polar surface area (TPSA) is 69.8 Å². The summed E-state index contributed by atoms with van der Waals surface area (Å²) in [6.07, 6.45) is -0.925. The van der Waals surface area contributed by atoms with Gasteiger partial charge in [0.1, 0.15) is 0 Å². The molecule has 1 fully saturated rings. The molecule has 8 heteroatoms. The second kappa shape index (κ2) is 7.71. The van der Waals surface area contributed by atoms with Crippen LogP contribution in [0.2, 0.25) is 0 Å². The fraction of sp³-hybridized carbons (Fsp3) is 0.238. The van der Waals surface area contributed by atoms with Gasteiger partial charge in [-0.2, -0.15) is 18.3 Å². The highest BCUT2D eigenvalue weighted by Gasteiger charge is 2.36. The van der Waals surface area contributed by atoms with Crippen molar-refractivity contribution < 1.29 is 18.0 Å². The highest BCUT2D eigenvalue weighted by molar-refractivity contribution is 5.94. The first-order valence-corrected chi connectivity index (χ1v) is 9.20. The predicted octanol–water partition coefficient (Wildman–Crippen LogP) is 4.04. The lowest BCUT2D eigenvalue weighted by Gasteiger charge is -2.20. The van der Waals surface area contributed by atoms with Crippen LogP contribution in [0.5, 0.6) is 0 Å². The fourth-order valence-electron chi connectivity index (χ4n) is 3.64. The summed E-state index contributed by atoms with van der Waals surface area (Å²) in [7, 11) is 0. The average molecular weight is 400 g/mol. The Morgan fingerprint density at radius 1 is 1.07 bits per heavy atom. The molecule has 2 aromatic carbocycles. The molecule has 1 unspecified atom stereocenters. The molecule has 0 radical (unpaired) electrons. The van der Waals surface area contributed by atoms with Gasteiger partial charge in [-0.3, -0.25) is 9.89 Å². The summed E-state index contributed by atoms with van der Waals surface area (Å²) < 4.78 is 39.1. The third kappa shape index (κ3) is 4.17. The quantitative estimate of drug-likeness (QED) is 0.619. The van der Waals surface area contributed by atoms with Crippen LogP contribution in [-0.4, -0.2) is 29.2 Å². The van der Waals surface area contributed by atoms with E-state index < -0.39 is 17.7 Å². The van der Waals surface area contributed by atoms with Crippen molar-refractivity contribution in [2.75, 3.05) is 18.4 Å². The Morgan fingerprint density at radius 2 is 1.86 bits per heavy atom. The van der Waals surface area contributed by atoms with Gasteiger partial charge in [0, 0.05) is 36.5 Å². The van der Waals surface area contributed by atoms with E-state index in [0.29, 0.717) is 24.3 Å². The van der Waals surface area contributed by atoms with Crippen molar-refractivity contribution in [1.29, 1.82) is 0 Å². The van der Waals surface area contributed by atoms with E-state index in [1.165, 1.54) is 6.07 Å². The van der Waals surface area contributed by atoms with E-state index in [9.17, 15) is 18.0 Å². The molecule has 5 nitrogen and oxygen atoms in total. The second-order valence-corrected chi connectivity index (χ2v) is 7.05. The van der Waals surface area contributed by atoms with Crippen molar-refractivity contribution in [2.45, 2.75) is 12.1 Å². The molecular weight excluding hydrogens is 381 g/mol. The number of benzene rings is 2. The molecule has 1 saturated heterocycles. The van der Waals surface area contributed by atoms with E-state index in [0.717, 1.165) is 23.3 Å². The molecule has 1 amide bonds. The van der Waals surface area contributed by atoms with Crippen LogP contribution >= 0.6 is 0 Å². The smallest absolute Gasteiger partial charge is 0.326 e. The molecule has 3 N–H and O–H groups in total. The molecule has 0 bridgehead atoms. The normalized spacial score (nSPS) is 19.3. The zero-order valence-corrected chi connectivity index (χ0v) is 15.3. The first kappa shape index (κ1) is 19.2. The van der Waals surface area contributed by atoms with Gasteiger partial charge in [-0.25, -0.2) is 0 Å². The Labute approximate surface area is 165 Å². The number of alkyl halides is 3. The minimum atomic E-state index is -4.41. The van der Waals surface area contributed by atoms with E-state index in [1.807, 2.05) is 12.1 Å². The van der Waals surface area contributed by atoms with Crippen LogP contribution in [0.1, 0.15) is 17.0 Å². The average Bonchev–Trinajstić information content (AvgIpc) is 3.40. The minimum absolute atomic E-state index is 0.214. The first-order valence-electron chi connectivity index (χ1n) is 9.20. The Hall–Kier alpha value is -3.13. The Kier molecular flexibility index (Phi) is 5.10. The van der Waals surface area contributed by atoms with Crippen LogP contribution in [0.25, 0.3) is 11.1 Å². The summed E-state index contributed by atoms with van der Waals surface area (Å²) in [5, 5.41) is 12.7. The predicted molar refractivity (Wildman–Crippen MR) is 103 cm³/mol. The van der Waals surface area contributed by atoms with Crippen molar-refractivity contribution in [2.24, 2.45) is 5.92 Å². The number of aromatic amines is 1. The van der Waals surface area contributed by atoms with E-state index in [4.69, 9.17) is 0 Å². The zero-order valence-electron chi connectivity index (χ0n) is 15.3. The number of carbonyl (C=O) groups excluding carboxylic acids is 1. The molecule has 2 heterocycles. The number of aromatic nitrogens is 2. The maximum absolute atomic E-state index is 13.0. The molecule has 1 aliphatic heterocycles. The van der Waals surface area contributed by atoms with E-state index in [2.05, 4.69) is 20.8 Å². The summed E-state index contributed by atoms with van der Waals surface area (Å²) in [5.41, 5.74) is 2.35. The van der Waals surface area contributed by atoms with Crippen LogP contribution in [0.15, 0.2) is 60.9 Å².